The van der Waals surface area contributed by atoms with Crippen molar-refractivity contribution in [2.45, 2.75) is 25.9 Å². The zero-order valence-electron chi connectivity index (χ0n) is 10.2. The van der Waals surface area contributed by atoms with Crippen LogP contribution in [0.5, 0.6) is 0 Å². The van der Waals surface area contributed by atoms with Crippen LogP contribution >= 0.6 is 22.9 Å². The molecule has 1 aliphatic rings. The number of hydrogen-bond donors (Lipinski definition) is 1. The van der Waals surface area contributed by atoms with Crippen LogP contribution in [0.4, 0.5) is 5.13 Å². The van der Waals surface area contributed by atoms with E-state index in [1.165, 1.54) is 11.1 Å². The van der Waals surface area contributed by atoms with E-state index >= 15 is 0 Å². The fourth-order valence-corrected chi connectivity index (χ4v) is 3.27. The number of hydrogen-bond acceptors (Lipinski definition) is 4. The molecule has 1 atom stereocenters. The topological polar surface area (TPSA) is 34.1 Å². The summed E-state index contributed by atoms with van der Waals surface area (Å²) in [5, 5.41) is 5.09. The minimum atomic E-state index is 0.335. The van der Waals surface area contributed by atoms with Gasteiger partial charge in [-0.3, -0.25) is 0 Å². The van der Waals surface area contributed by atoms with Gasteiger partial charge in [-0.2, -0.15) is 0 Å². The average molecular weight is 283 g/mol. The van der Waals surface area contributed by atoms with E-state index in [2.05, 4.69) is 10.3 Å². The van der Waals surface area contributed by atoms with Gasteiger partial charge in [0.2, 0.25) is 0 Å². The molecule has 3 nitrogen and oxygen atoms in total. The quantitative estimate of drug-likeness (QED) is 0.928. The Hall–Kier alpha value is -0.840. The van der Waals surface area contributed by atoms with Gasteiger partial charge in [-0.1, -0.05) is 22.9 Å². The van der Waals surface area contributed by atoms with E-state index in [4.69, 9.17) is 16.3 Å². The van der Waals surface area contributed by atoms with Gasteiger partial charge in [0.1, 0.15) is 0 Å². The molecule has 1 saturated heterocycles. The Kier molecular flexibility index (Phi) is 3.41. The van der Waals surface area contributed by atoms with Crippen molar-refractivity contribution in [3.63, 3.8) is 0 Å². The molecule has 1 fully saturated rings. The van der Waals surface area contributed by atoms with Crippen LogP contribution in [0.2, 0.25) is 5.02 Å². The summed E-state index contributed by atoms with van der Waals surface area (Å²) in [4.78, 5) is 4.60. The first kappa shape index (κ1) is 12.2. The van der Waals surface area contributed by atoms with Gasteiger partial charge in [0.15, 0.2) is 5.13 Å². The first-order chi connectivity index (χ1) is 8.74. The van der Waals surface area contributed by atoms with Gasteiger partial charge in [-0.15, -0.1) is 0 Å². The molecule has 1 N–H and O–H groups in total. The molecule has 5 heteroatoms. The standard InChI is InChI=1S/C13H15ClN2OS/c1-8-10(14)4-5-11-12(8)16-13(18-11)15-7-9-3-2-6-17-9/h4-5,9H,2-3,6-7H2,1H3,(H,15,16). The zero-order chi connectivity index (χ0) is 12.5. The maximum atomic E-state index is 6.10. The summed E-state index contributed by atoms with van der Waals surface area (Å²) < 4.78 is 6.76. The molecule has 0 saturated carbocycles. The lowest BCUT2D eigenvalue weighted by Gasteiger charge is -2.08. The third-order valence-corrected chi connectivity index (χ3v) is 4.64. The number of fused-ring (bicyclic) bond motifs is 1. The second-order valence-corrected chi connectivity index (χ2v) is 5.99. The number of nitrogens with one attached hydrogen (secondary N) is 1. The molecule has 1 aromatic carbocycles. The zero-order valence-corrected chi connectivity index (χ0v) is 11.8. The number of aromatic nitrogens is 1. The highest BCUT2D eigenvalue weighted by atomic mass is 35.5. The summed E-state index contributed by atoms with van der Waals surface area (Å²) in [5.41, 5.74) is 2.05. The van der Waals surface area contributed by atoms with Crippen molar-refractivity contribution >= 4 is 38.3 Å². The summed E-state index contributed by atoms with van der Waals surface area (Å²) in [7, 11) is 0. The molecule has 18 heavy (non-hydrogen) atoms. The Morgan fingerprint density at radius 3 is 3.22 bits per heavy atom. The molecule has 3 rings (SSSR count). The van der Waals surface area contributed by atoms with Gasteiger partial charge in [0.25, 0.3) is 0 Å². The highest BCUT2D eigenvalue weighted by Crippen LogP contribution is 2.31. The van der Waals surface area contributed by atoms with Crippen LogP contribution in [-0.2, 0) is 4.74 Å². The molecule has 96 valence electrons. The lowest BCUT2D eigenvalue weighted by molar-refractivity contribution is 0.120. The fraction of sp³-hybridized carbons (Fsp3) is 0.462. The maximum absolute atomic E-state index is 6.10. The monoisotopic (exact) mass is 282 g/mol. The Morgan fingerprint density at radius 1 is 1.56 bits per heavy atom. The highest BCUT2D eigenvalue weighted by molar-refractivity contribution is 7.22. The molecule has 1 aliphatic heterocycles. The van der Waals surface area contributed by atoms with Gasteiger partial charge >= 0.3 is 0 Å². The van der Waals surface area contributed by atoms with Crippen LogP contribution in [-0.4, -0.2) is 24.2 Å². The van der Waals surface area contributed by atoms with Crippen molar-refractivity contribution in [3.05, 3.63) is 22.7 Å². The van der Waals surface area contributed by atoms with Crippen molar-refractivity contribution in [3.8, 4) is 0 Å². The van der Waals surface area contributed by atoms with Gasteiger partial charge in [0, 0.05) is 18.2 Å². The van der Waals surface area contributed by atoms with E-state index in [9.17, 15) is 0 Å². The average Bonchev–Trinajstić information content (AvgIpc) is 3.00. The number of anilines is 1. The second kappa shape index (κ2) is 5.03. The number of benzene rings is 1. The van der Waals surface area contributed by atoms with Crippen molar-refractivity contribution in [2.75, 3.05) is 18.5 Å². The molecular weight excluding hydrogens is 268 g/mol. The number of nitrogens with zero attached hydrogens (tertiary/aromatic N) is 1. The third kappa shape index (κ3) is 2.32. The predicted molar refractivity (Wildman–Crippen MR) is 76.8 cm³/mol. The van der Waals surface area contributed by atoms with E-state index in [0.717, 1.165) is 40.8 Å². The molecule has 1 aromatic heterocycles. The molecular formula is C13H15ClN2OS. The van der Waals surface area contributed by atoms with Crippen LogP contribution in [0.3, 0.4) is 0 Å². The third-order valence-electron chi connectivity index (χ3n) is 3.25. The Morgan fingerprint density at radius 2 is 2.44 bits per heavy atom. The smallest absolute Gasteiger partial charge is 0.183 e. The van der Waals surface area contributed by atoms with Crippen LogP contribution in [0.1, 0.15) is 18.4 Å². The van der Waals surface area contributed by atoms with E-state index < -0.39 is 0 Å². The Balaban J connectivity index is 1.78. The largest absolute Gasteiger partial charge is 0.376 e. The predicted octanol–water partition coefficient (Wildman–Crippen LogP) is 3.85. The van der Waals surface area contributed by atoms with Crippen molar-refractivity contribution in [2.24, 2.45) is 0 Å². The van der Waals surface area contributed by atoms with Gasteiger partial charge in [-0.25, -0.2) is 4.98 Å². The number of rotatable bonds is 3. The number of thiazole rings is 1. The van der Waals surface area contributed by atoms with Crippen LogP contribution in [0.25, 0.3) is 10.2 Å². The van der Waals surface area contributed by atoms with Gasteiger partial charge in [0.05, 0.1) is 16.3 Å². The lowest BCUT2D eigenvalue weighted by Crippen LogP contribution is -2.18. The van der Waals surface area contributed by atoms with Gasteiger partial charge < -0.3 is 10.1 Å². The first-order valence-electron chi connectivity index (χ1n) is 6.15. The molecule has 2 aromatic rings. The Labute approximate surface area is 115 Å². The lowest BCUT2D eigenvalue weighted by atomic mass is 10.2. The maximum Gasteiger partial charge on any atom is 0.183 e. The molecule has 2 heterocycles. The molecule has 0 spiro atoms. The Bertz CT molecular complexity index is 563. The molecule has 0 amide bonds. The molecule has 0 aliphatic carbocycles. The normalized spacial score (nSPS) is 19.6. The van der Waals surface area contributed by atoms with Crippen molar-refractivity contribution < 1.29 is 4.74 Å². The number of aryl methyl sites for hydroxylation is 1. The number of halogens is 1. The van der Waals surface area contributed by atoms with Crippen LogP contribution in [0.15, 0.2) is 12.1 Å². The van der Waals surface area contributed by atoms with Crippen molar-refractivity contribution in [1.29, 1.82) is 0 Å². The summed E-state index contributed by atoms with van der Waals surface area (Å²) >= 11 is 7.77. The molecule has 1 unspecified atom stereocenters. The van der Waals surface area contributed by atoms with E-state index in [1.807, 2.05) is 19.1 Å². The summed E-state index contributed by atoms with van der Waals surface area (Å²) in [6, 6.07) is 3.96. The SMILES string of the molecule is Cc1c(Cl)ccc2sc(NCC3CCCO3)nc12. The summed E-state index contributed by atoms with van der Waals surface area (Å²) in [6.07, 6.45) is 2.64. The summed E-state index contributed by atoms with van der Waals surface area (Å²) in [5.74, 6) is 0. The molecule has 0 radical (unpaired) electrons. The van der Waals surface area contributed by atoms with Crippen LogP contribution in [0, 0.1) is 6.92 Å². The molecule has 0 bridgehead atoms. The highest BCUT2D eigenvalue weighted by Gasteiger charge is 2.16. The minimum absolute atomic E-state index is 0.335. The van der Waals surface area contributed by atoms with Gasteiger partial charge in [-0.05, 0) is 37.5 Å². The van der Waals surface area contributed by atoms with E-state index in [0.29, 0.717) is 6.10 Å². The minimum Gasteiger partial charge on any atom is -0.376 e. The van der Waals surface area contributed by atoms with E-state index in [-0.39, 0.29) is 0 Å². The second-order valence-electron chi connectivity index (χ2n) is 4.55. The van der Waals surface area contributed by atoms with Crippen molar-refractivity contribution in [1.82, 2.24) is 4.98 Å². The van der Waals surface area contributed by atoms with Crippen LogP contribution < -0.4 is 5.32 Å². The first-order valence-corrected chi connectivity index (χ1v) is 7.34. The summed E-state index contributed by atoms with van der Waals surface area (Å²) in [6.45, 7) is 3.74. The number of ether oxygens (including phenoxy) is 1. The fourth-order valence-electron chi connectivity index (χ4n) is 2.18. The van der Waals surface area contributed by atoms with E-state index in [1.54, 1.807) is 11.3 Å².